The van der Waals surface area contributed by atoms with Crippen LogP contribution in [0.5, 0.6) is 0 Å². The molecule has 0 amide bonds. The van der Waals surface area contributed by atoms with Gasteiger partial charge in [0.2, 0.25) is 10.0 Å². The number of anilines is 1. The summed E-state index contributed by atoms with van der Waals surface area (Å²) in [6.07, 6.45) is 1.83. The molecule has 0 heterocycles. The molecule has 0 bridgehead atoms. The molecule has 106 valence electrons. The molecule has 0 aromatic heterocycles. The number of nitrogens with two attached hydrogens (primary N) is 1. The van der Waals surface area contributed by atoms with E-state index in [4.69, 9.17) is 5.84 Å². The van der Waals surface area contributed by atoms with E-state index in [9.17, 15) is 18.5 Å². The second-order valence-electron chi connectivity index (χ2n) is 3.44. The monoisotopic (exact) mass is 306 g/mol. The van der Waals surface area contributed by atoms with Crippen molar-refractivity contribution in [1.82, 2.24) is 4.72 Å². The van der Waals surface area contributed by atoms with E-state index >= 15 is 0 Å². The van der Waals surface area contributed by atoms with Crippen LogP contribution in [0.3, 0.4) is 0 Å². The topological polar surface area (TPSA) is 127 Å². The zero-order valence-corrected chi connectivity index (χ0v) is 11.8. The van der Waals surface area contributed by atoms with Gasteiger partial charge in [0.15, 0.2) is 4.90 Å². The number of nitro benzene ring substituents is 1. The molecule has 0 aliphatic rings. The largest absolute Gasteiger partial charge is 0.318 e. The van der Waals surface area contributed by atoms with Crippen LogP contribution in [0.4, 0.5) is 11.4 Å². The number of nitro groups is 1. The van der Waals surface area contributed by atoms with Gasteiger partial charge in [-0.3, -0.25) is 16.0 Å². The Balaban J connectivity index is 3.22. The number of rotatable bonds is 7. The Morgan fingerprint density at radius 1 is 1.47 bits per heavy atom. The van der Waals surface area contributed by atoms with Crippen LogP contribution in [-0.2, 0) is 10.0 Å². The maximum atomic E-state index is 12.0. The number of hydrogen-bond donors (Lipinski definition) is 3. The third kappa shape index (κ3) is 3.80. The molecule has 10 heteroatoms. The van der Waals surface area contributed by atoms with E-state index in [0.29, 0.717) is 5.75 Å². The third-order valence-corrected chi connectivity index (χ3v) is 4.33. The van der Waals surface area contributed by atoms with E-state index in [1.807, 2.05) is 6.26 Å². The average molecular weight is 306 g/mol. The molecule has 1 rings (SSSR count). The number of hydrazine groups is 1. The molecular formula is C9H14N4O4S2. The van der Waals surface area contributed by atoms with Gasteiger partial charge >= 0.3 is 5.69 Å². The Bertz CT molecular complexity index is 561. The number of thioether (sulfide) groups is 1. The molecule has 0 aliphatic heterocycles. The number of benzene rings is 1. The molecule has 0 radical (unpaired) electrons. The Labute approximate surface area is 114 Å². The van der Waals surface area contributed by atoms with Crippen molar-refractivity contribution in [2.45, 2.75) is 4.90 Å². The average Bonchev–Trinajstić information content (AvgIpc) is 2.37. The highest BCUT2D eigenvalue weighted by Crippen LogP contribution is 2.31. The fourth-order valence-corrected chi connectivity index (χ4v) is 3.06. The predicted molar refractivity (Wildman–Crippen MR) is 74.5 cm³/mol. The number of hydrogen-bond acceptors (Lipinski definition) is 7. The summed E-state index contributed by atoms with van der Waals surface area (Å²) in [5.41, 5.74) is 1.49. The Morgan fingerprint density at radius 3 is 2.68 bits per heavy atom. The van der Waals surface area contributed by atoms with Crippen molar-refractivity contribution in [2.75, 3.05) is 24.0 Å². The molecular weight excluding hydrogens is 292 g/mol. The van der Waals surface area contributed by atoms with Gasteiger partial charge in [0.05, 0.1) is 4.92 Å². The van der Waals surface area contributed by atoms with Gasteiger partial charge in [-0.15, -0.1) is 0 Å². The summed E-state index contributed by atoms with van der Waals surface area (Å²) in [6.45, 7) is 0.195. The number of nitrogens with one attached hydrogen (secondary N) is 2. The summed E-state index contributed by atoms with van der Waals surface area (Å²) in [7, 11) is -3.94. The first-order valence-corrected chi connectivity index (χ1v) is 8.04. The van der Waals surface area contributed by atoms with E-state index in [1.165, 1.54) is 30.0 Å². The maximum Gasteiger partial charge on any atom is 0.313 e. The standard InChI is InChI=1S/C9H14N4O4S2/c1-18-6-5-11-19(16,17)8-4-2-3-7(12-10)9(8)13(14)15/h2-4,11-12H,5-6,10H2,1H3. The van der Waals surface area contributed by atoms with E-state index in [1.54, 1.807) is 0 Å². The van der Waals surface area contributed by atoms with Crippen LogP contribution in [-0.4, -0.2) is 31.9 Å². The summed E-state index contributed by atoms with van der Waals surface area (Å²) < 4.78 is 26.3. The van der Waals surface area contributed by atoms with Gasteiger partial charge in [-0.25, -0.2) is 13.1 Å². The van der Waals surface area contributed by atoms with Gasteiger partial charge in [0.1, 0.15) is 5.69 Å². The summed E-state index contributed by atoms with van der Waals surface area (Å²) >= 11 is 1.46. The van der Waals surface area contributed by atoms with E-state index in [-0.39, 0.29) is 12.2 Å². The quantitative estimate of drug-likeness (QED) is 0.290. The molecule has 0 saturated heterocycles. The molecule has 0 unspecified atom stereocenters. The summed E-state index contributed by atoms with van der Waals surface area (Å²) in [5, 5.41) is 11.0. The Kier molecular flexibility index (Phi) is 5.54. The van der Waals surface area contributed by atoms with Gasteiger partial charge in [-0.1, -0.05) is 6.07 Å². The van der Waals surface area contributed by atoms with Gasteiger partial charge in [-0.2, -0.15) is 11.8 Å². The van der Waals surface area contributed by atoms with Crippen LogP contribution in [0, 0.1) is 10.1 Å². The molecule has 1 aromatic rings. The van der Waals surface area contributed by atoms with Crippen molar-refractivity contribution in [3.05, 3.63) is 28.3 Å². The SMILES string of the molecule is CSCCNS(=O)(=O)c1cccc(NN)c1[N+](=O)[O-]. The molecule has 0 spiro atoms. The van der Waals surface area contributed by atoms with Gasteiger partial charge in [-0.05, 0) is 18.4 Å². The molecule has 1 aromatic carbocycles. The first-order chi connectivity index (χ1) is 8.94. The van der Waals surface area contributed by atoms with Crippen molar-refractivity contribution in [3.8, 4) is 0 Å². The van der Waals surface area contributed by atoms with Crippen LogP contribution < -0.4 is 16.0 Å². The van der Waals surface area contributed by atoms with Gasteiger partial charge < -0.3 is 5.43 Å². The van der Waals surface area contributed by atoms with Crippen molar-refractivity contribution in [1.29, 1.82) is 0 Å². The number of sulfonamides is 1. The molecule has 0 atom stereocenters. The molecule has 19 heavy (non-hydrogen) atoms. The second kappa shape index (κ2) is 6.70. The normalized spacial score (nSPS) is 11.3. The van der Waals surface area contributed by atoms with Crippen LogP contribution in [0.2, 0.25) is 0 Å². The summed E-state index contributed by atoms with van der Waals surface area (Å²) in [6, 6.07) is 3.88. The minimum absolute atomic E-state index is 0.0576. The summed E-state index contributed by atoms with van der Waals surface area (Å²) in [4.78, 5) is 9.80. The first-order valence-electron chi connectivity index (χ1n) is 5.16. The zero-order valence-electron chi connectivity index (χ0n) is 10.1. The Hall–Kier alpha value is -1.36. The van der Waals surface area contributed by atoms with Crippen LogP contribution in [0.1, 0.15) is 0 Å². The lowest BCUT2D eigenvalue weighted by atomic mass is 10.3. The maximum absolute atomic E-state index is 12.0. The highest BCUT2D eigenvalue weighted by molar-refractivity contribution is 7.98. The lowest BCUT2D eigenvalue weighted by molar-refractivity contribution is -0.386. The third-order valence-electron chi connectivity index (χ3n) is 2.22. The second-order valence-corrected chi connectivity index (χ2v) is 6.17. The van der Waals surface area contributed by atoms with Crippen molar-refractivity contribution in [2.24, 2.45) is 5.84 Å². The van der Waals surface area contributed by atoms with Crippen LogP contribution in [0.15, 0.2) is 23.1 Å². The fourth-order valence-electron chi connectivity index (χ4n) is 1.40. The molecule has 0 aliphatic carbocycles. The lowest BCUT2D eigenvalue weighted by Crippen LogP contribution is -2.27. The molecule has 0 fully saturated rings. The Morgan fingerprint density at radius 2 is 2.16 bits per heavy atom. The minimum Gasteiger partial charge on any atom is -0.318 e. The van der Waals surface area contributed by atoms with E-state index < -0.39 is 25.5 Å². The van der Waals surface area contributed by atoms with Crippen molar-refractivity contribution >= 4 is 33.2 Å². The number of para-hydroxylation sites is 1. The predicted octanol–water partition coefficient (Wildman–Crippen LogP) is 0.522. The van der Waals surface area contributed by atoms with Crippen molar-refractivity contribution in [3.63, 3.8) is 0 Å². The van der Waals surface area contributed by atoms with E-state index in [2.05, 4.69) is 10.1 Å². The highest BCUT2D eigenvalue weighted by Gasteiger charge is 2.28. The first kappa shape index (κ1) is 15.7. The molecule has 8 nitrogen and oxygen atoms in total. The number of nitrogen functional groups attached to an aromatic ring is 1. The van der Waals surface area contributed by atoms with Crippen molar-refractivity contribution < 1.29 is 13.3 Å². The van der Waals surface area contributed by atoms with Gasteiger partial charge in [0.25, 0.3) is 0 Å². The summed E-state index contributed by atoms with van der Waals surface area (Å²) in [5.74, 6) is 5.72. The number of nitrogens with zero attached hydrogens (tertiary/aromatic N) is 1. The smallest absolute Gasteiger partial charge is 0.313 e. The van der Waals surface area contributed by atoms with Gasteiger partial charge in [0, 0.05) is 12.3 Å². The fraction of sp³-hybridized carbons (Fsp3) is 0.333. The van der Waals surface area contributed by atoms with E-state index in [0.717, 1.165) is 0 Å². The minimum atomic E-state index is -3.94. The molecule has 4 N–H and O–H groups in total. The van der Waals surface area contributed by atoms with Crippen LogP contribution in [0.25, 0.3) is 0 Å². The molecule has 0 saturated carbocycles. The van der Waals surface area contributed by atoms with Crippen LogP contribution >= 0.6 is 11.8 Å². The highest BCUT2D eigenvalue weighted by atomic mass is 32.2. The lowest BCUT2D eigenvalue weighted by Gasteiger charge is -2.09. The zero-order chi connectivity index (χ0) is 14.5.